The molecule has 142 valence electrons. The van der Waals surface area contributed by atoms with Gasteiger partial charge in [-0.1, -0.05) is 48.2 Å². The number of halogens is 2. The van der Waals surface area contributed by atoms with Crippen LogP contribution in [0, 0.1) is 0 Å². The molecule has 7 heteroatoms. The molecule has 4 nitrogen and oxygen atoms in total. The molecule has 1 aromatic carbocycles. The van der Waals surface area contributed by atoms with Gasteiger partial charge in [-0.2, -0.15) is 0 Å². The van der Waals surface area contributed by atoms with Crippen LogP contribution >= 0.6 is 23.4 Å². The number of pyridine rings is 1. The van der Waals surface area contributed by atoms with E-state index in [9.17, 15) is 9.18 Å². The van der Waals surface area contributed by atoms with Gasteiger partial charge in [0.25, 0.3) is 5.56 Å². The average Bonchev–Trinajstić information content (AvgIpc) is 2.69. The van der Waals surface area contributed by atoms with Crippen molar-refractivity contribution in [3.05, 3.63) is 94.3 Å². The van der Waals surface area contributed by atoms with Crippen molar-refractivity contribution in [1.82, 2.24) is 14.5 Å². The maximum absolute atomic E-state index is 14.3. The molecule has 0 fully saturated rings. The highest BCUT2D eigenvalue weighted by atomic mass is 35.5. The van der Waals surface area contributed by atoms with Crippen molar-refractivity contribution in [2.24, 2.45) is 0 Å². The van der Waals surface area contributed by atoms with E-state index in [1.54, 1.807) is 55.7 Å². The van der Waals surface area contributed by atoms with Crippen LogP contribution < -0.4 is 5.56 Å². The van der Waals surface area contributed by atoms with Crippen molar-refractivity contribution in [3.8, 4) is 5.69 Å². The first kappa shape index (κ1) is 20.0. The molecule has 0 aliphatic rings. The first-order valence-electron chi connectivity index (χ1n) is 8.44. The largest absolute Gasteiger partial charge is 0.268 e. The van der Waals surface area contributed by atoms with Gasteiger partial charge in [-0.3, -0.25) is 14.3 Å². The van der Waals surface area contributed by atoms with E-state index in [4.69, 9.17) is 11.6 Å². The highest BCUT2D eigenvalue weighted by molar-refractivity contribution is 7.99. The lowest BCUT2D eigenvalue weighted by atomic mass is 10.2. The molecule has 2 aromatic heterocycles. The number of para-hydroxylation sites is 1. The second-order valence-electron chi connectivity index (χ2n) is 5.78. The Hall–Kier alpha value is -2.70. The third kappa shape index (κ3) is 4.24. The number of fused-ring (bicyclic) bond motifs is 1. The topological polar surface area (TPSA) is 47.8 Å². The van der Waals surface area contributed by atoms with Gasteiger partial charge in [0.2, 0.25) is 0 Å². The van der Waals surface area contributed by atoms with E-state index in [0.717, 1.165) is 0 Å². The maximum Gasteiger partial charge on any atom is 0.266 e. The molecule has 3 rings (SSSR count). The zero-order chi connectivity index (χ0) is 20.1. The molecule has 0 spiro atoms. The summed E-state index contributed by atoms with van der Waals surface area (Å²) in [7, 11) is 0. The third-order valence-electron chi connectivity index (χ3n) is 3.92. The SMILES string of the molecule is C=C(Cl)/C(CSc1nc2ccccc2c(=O)n1-c1cccnc1)=C(F)\C=C/C. The predicted molar refractivity (Wildman–Crippen MR) is 114 cm³/mol. The quantitative estimate of drug-likeness (QED) is 0.307. The summed E-state index contributed by atoms with van der Waals surface area (Å²) < 4.78 is 15.8. The lowest BCUT2D eigenvalue weighted by Crippen LogP contribution is -2.22. The summed E-state index contributed by atoms with van der Waals surface area (Å²) in [6.45, 7) is 5.36. The van der Waals surface area contributed by atoms with E-state index in [1.807, 2.05) is 6.07 Å². The van der Waals surface area contributed by atoms with Crippen LogP contribution in [0.5, 0.6) is 0 Å². The van der Waals surface area contributed by atoms with Crippen LogP contribution in [0.1, 0.15) is 6.92 Å². The predicted octanol–water partition coefficient (Wildman–Crippen LogP) is 5.43. The number of rotatable bonds is 6. The number of allylic oxidation sites excluding steroid dienone is 4. The minimum Gasteiger partial charge on any atom is -0.268 e. The molecule has 3 aromatic rings. The van der Waals surface area contributed by atoms with Gasteiger partial charge >= 0.3 is 0 Å². The fraction of sp³-hybridized carbons (Fsp3) is 0.0952. The van der Waals surface area contributed by atoms with Crippen LogP contribution in [0.4, 0.5) is 4.39 Å². The Morgan fingerprint density at radius 1 is 1.32 bits per heavy atom. The van der Waals surface area contributed by atoms with Gasteiger partial charge in [-0.25, -0.2) is 9.37 Å². The van der Waals surface area contributed by atoms with Crippen molar-refractivity contribution in [2.75, 3.05) is 5.75 Å². The Labute approximate surface area is 171 Å². The second-order valence-corrected chi connectivity index (χ2v) is 7.18. The molecule has 0 unspecified atom stereocenters. The van der Waals surface area contributed by atoms with Crippen LogP contribution in [-0.2, 0) is 0 Å². The summed E-state index contributed by atoms with van der Waals surface area (Å²) >= 11 is 7.19. The summed E-state index contributed by atoms with van der Waals surface area (Å²) in [5, 5.41) is 1.02. The lowest BCUT2D eigenvalue weighted by molar-refractivity contribution is 0.658. The second kappa shape index (κ2) is 8.99. The Balaban J connectivity index is 2.13. The zero-order valence-corrected chi connectivity index (χ0v) is 16.7. The summed E-state index contributed by atoms with van der Waals surface area (Å²) in [5.41, 5.74) is 1.19. The fourth-order valence-electron chi connectivity index (χ4n) is 2.58. The highest BCUT2D eigenvalue weighted by Crippen LogP contribution is 2.28. The summed E-state index contributed by atoms with van der Waals surface area (Å²) in [5.74, 6) is -0.296. The van der Waals surface area contributed by atoms with Crippen LogP contribution in [0.25, 0.3) is 16.6 Å². The van der Waals surface area contributed by atoms with E-state index in [2.05, 4.69) is 16.5 Å². The Kier molecular flexibility index (Phi) is 6.44. The Morgan fingerprint density at radius 3 is 2.79 bits per heavy atom. The Morgan fingerprint density at radius 2 is 2.11 bits per heavy atom. The Bertz CT molecular complexity index is 1140. The molecule has 0 aliphatic heterocycles. The van der Waals surface area contributed by atoms with Gasteiger partial charge in [0.05, 0.1) is 22.8 Å². The average molecular weight is 414 g/mol. The van der Waals surface area contributed by atoms with Crippen molar-refractivity contribution in [2.45, 2.75) is 12.1 Å². The summed E-state index contributed by atoms with van der Waals surface area (Å²) in [6.07, 6.45) is 6.12. The van der Waals surface area contributed by atoms with Crippen LogP contribution in [0.2, 0.25) is 0 Å². The molecule has 0 saturated heterocycles. The zero-order valence-electron chi connectivity index (χ0n) is 15.1. The molecule has 0 atom stereocenters. The molecule has 0 radical (unpaired) electrons. The third-order valence-corrected chi connectivity index (χ3v) is 5.12. The van der Waals surface area contributed by atoms with E-state index < -0.39 is 5.83 Å². The van der Waals surface area contributed by atoms with Gasteiger partial charge in [-0.15, -0.1) is 0 Å². The van der Waals surface area contributed by atoms with Gasteiger partial charge in [0, 0.05) is 22.6 Å². The highest BCUT2D eigenvalue weighted by Gasteiger charge is 2.15. The molecule has 28 heavy (non-hydrogen) atoms. The minimum atomic E-state index is -0.467. The first-order valence-corrected chi connectivity index (χ1v) is 9.80. The van der Waals surface area contributed by atoms with E-state index in [1.165, 1.54) is 22.4 Å². The molecule has 2 heterocycles. The van der Waals surface area contributed by atoms with E-state index >= 15 is 0 Å². The number of aromatic nitrogens is 3. The normalized spacial score (nSPS) is 12.4. The number of thioether (sulfide) groups is 1. The van der Waals surface area contributed by atoms with Gasteiger partial charge in [0.1, 0.15) is 5.83 Å². The van der Waals surface area contributed by atoms with Crippen LogP contribution in [-0.4, -0.2) is 20.3 Å². The molecule has 0 saturated carbocycles. The van der Waals surface area contributed by atoms with Crippen LogP contribution in [0.3, 0.4) is 0 Å². The molecule has 0 N–H and O–H groups in total. The van der Waals surface area contributed by atoms with Crippen LogP contribution in [0.15, 0.2) is 93.9 Å². The summed E-state index contributed by atoms with van der Waals surface area (Å²) in [6, 6.07) is 10.6. The minimum absolute atomic E-state index is 0.110. The number of benzene rings is 1. The van der Waals surface area contributed by atoms with Gasteiger partial charge in [0.15, 0.2) is 5.16 Å². The van der Waals surface area contributed by atoms with Crippen molar-refractivity contribution >= 4 is 34.3 Å². The number of hydrogen-bond acceptors (Lipinski definition) is 4. The van der Waals surface area contributed by atoms with E-state index in [-0.39, 0.29) is 21.9 Å². The molecule has 0 aliphatic carbocycles. The van der Waals surface area contributed by atoms with Crippen molar-refractivity contribution < 1.29 is 4.39 Å². The summed E-state index contributed by atoms with van der Waals surface area (Å²) in [4.78, 5) is 21.8. The number of hydrogen-bond donors (Lipinski definition) is 0. The standard InChI is InChI=1S/C21H17ClFN3OS/c1-3-7-18(23)17(14(2)22)13-28-21-25-19-10-5-4-9-16(19)20(27)26(21)15-8-6-11-24-12-15/h3-12H,2,13H2,1H3/b7-3-,18-17+. The van der Waals surface area contributed by atoms with Crippen molar-refractivity contribution in [3.63, 3.8) is 0 Å². The lowest BCUT2D eigenvalue weighted by Gasteiger charge is -2.13. The first-order chi connectivity index (χ1) is 13.5. The molecular formula is C21H17ClFN3OS. The smallest absolute Gasteiger partial charge is 0.266 e. The number of nitrogens with zero attached hydrogens (tertiary/aromatic N) is 3. The monoisotopic (exact) mass is 413 g/mol. The molecular weight excluding hydrogens is 397 g/mol. The maximum atomic E-state index is 14.3. The van der Waals surface area contributed by atoms with E-state index in [0.29, 0.717) is 21.7 Å². The molecule has 0 bridgehead atoms. The molecule has 0 amide bonds. The van der Waals surface area contributed by atoms with Gasteiger partial charge in [-0.05, 0) is 37.3 Å². The fourth-order valence-corrected chi connectivity index (χ4v) is 3.89. The van der Waals surface area contributed by atoms with Gasteiger partial charge < -0.3 is 0 Å². The van der Waals surface area contributed by atoms with Crippen molar-refractivity contribution in [1.29, 1.82) is 0 Å².